The fraction of sp³-hybridized carbons (Fsp3) is 0.211. The molecule has 1 heterocycles. The Labute approximate surface area is 165 Å². The maximum Gasteiger partial charge on any atom is 0.269 e. The number of nitrogens with zero attached hydrogens (tertiary/aromatic N) is 3. The smallest absolute Gasteiger partial charge is 0.269 e. The van der Waals surface area contributed by atoms with Crippen molar-refractivity contribution in [3.8, 4) is 0 Å². The lowest BCUT2D eigenvalue weighted by atomic mass is 10.1. The molecule has 0 unspecified atom stereocenters. The Morgan fingerprint density at radius 1 is 1.21 bits per heavy atom. The second kappa shape index (κ2) is 8.62. The first kappa shape index (κ1) is 19.5. The van der Waals surface area contributed by atoms with Gasteiger partial charge in [-0.05, 0) is 31.0 Å². The first-order valence-corrected chi connectivity index (χ1v) is 8.98. The van der Waals surface area contributed by atoms with Crippen LogP contribution in [0, 0.1) is 10.1 Å². The van der Waals surface area contributed by atoms with Crippen molar-refractivity contribution in [1.82, 2.24) is 10.3 Å². The molecule has 0 spiro atoms. The lowest BCUT2D eigenvalue weighted by Gasteiger charge is -2.23. The minimum absolute atomic E-state index is 0.0961. The molecular weight excluding hydrogens is 384 g/mol. The number of rotatable bonds is 5. The van der Waals surface area contributed by atoms with Gasteiger partial charge in [0, 0.05) is 34.8 Å². The Morgan fingerprint density at radius 2 is 1.93 bits per heavy atom. The minimum atomic E-state index is -0.647. The molecule has 1 aliphatic heterocycles. The number of hydrazone groups is 1. The van der Waals surface area contributed by atoms with Crippen LogP contribution in [0.2, 0.25) is 5.02 Å². The summed E-state index contributed by atoms with van der Waals surface area (Å²) in [4.78, 5) is 36.8. The van der Waals surface area contributed by atoms with Crippen molar-refractivity contribution < 1.29 is 14.5 Å². The molecule has 1 atom stereocenters. The van der Waals surface area contributed by atoms with Gasteiger partial charge in [-0.2, -0.15) is 5.10 Å². The van der Waals surface area contributed by atoms with Crippen LogP contribution in [0.25, 0.3) is 0 Å². The summed E-state index contributed by atoms with van der Waals surface area (Å²) in [6.07, 6.45) is 2.65. The third-order valence-corrected chi connectivity index (χ3v) is 4.77. The average Bonchev–Trinajstić information content (AvgIpc) is 3.19. The number of hydrogen-bond acceptors (Lipinski definition) is 5. The van der Waals surface area contributed by atoms with Crippen molar-refractivity contribution in [1.29, 1.82) is 0 Å². The topological polar surface area (TPSA) is 105 Å². The number of amides is 2. The molecule has 3 rings (SSSR count). The number of non-ortho nitro benzene ring substituents is 1. The first-order chi connectivity index (χ1) is 13.5. The van der Waals surface area contributed by atoms with E-state index in [0.29, 0.717) is 35.5 Å². The van der Waals surface area contributed by atoms with Gasteiger partial charge in [0.2, 0.25) is 0 Å². The van der Waals surface area contributed by atoms with Crippen LogP contribution in [-0.2, 0) is 4.79 Å². The Bertz CT molecular complexity index is 930. The molecule has 9 heteroatoms. The first-order valence-electron chi connectivity index (χ1n) is 8.60. The third-order valence-electron chi connectivity index (χ3n) is 4.42. The summed E-state index contributed by atoms with van der Waals surface area (Å²) in [5.74, 6) is -0.737. The SMILES string of the molecule is O=C(N/N=C\c1ccccc1Cl)[C@H]1CCCN1C(=O)c1ccc([N+](=O)[O-])cc1. The Morgan fingerprint density at radius 3 is 2.61 bits per heavy atom. The Kier molecular flexibility index (Phi) is 6.00. The largest absolute Gasteiger partial charge is 0.327 e. The quantitative estimate of drug-likeness (QED) is 0.473. The maximum absolute atomic E-state index is 12.7. The van der Waals surface area contributed by atoms with Crippen LogP contribution < -0.4 is 5.43 Å². The average molecular weight is 401 g/mol. The van der Waals surface area contributed by atoms with E-state index < -0.39 is 16.9 Å². The van der Waals surface area contributed by atoms with E-state index in [9.17, 15) is 19.7 Å². The van der Waals surface area contributed by atoms with E-state index in [-0.39, 0.29) is 11.6 Å². The normalized spacial score (nSPS) is 16.3. The van der Waals surface area contributed by atoms with E-state index >= 15 is 0 Å². The molecular formula is C19H17ClN4O4. The Balaban J connectivity index is 1.66. The molecule has 144 valence electrons. The van der Waals surface area contributed by atoms with Crippen LogP contribution in [0.3, 0.4) is 0 Å². The van der Waals surface area contributed by atoms with Gasteiger partial charge in [0.15, 0.2) is 0 Å². The van der Waals surface area contributed by atoms with E-state index in [1.807, 2.05) is 0 Å². The zero-order valence-corrected chi connectivity index (χ0v) is 15.5. The summed E-state index contributed by atoms with van der Waals surface area (Å²) in [6.45, 7) is 0.433. The number of halogens is 1. The van der Waals surface area contributed by atoms with Crippen LogP contribution in [-0.4, -0.2) is 40.4 Å². The molecule has 1 aliphatic rings. The number of carbonyl (C=O) groups excluding carboxylic acids is 2. The molecule has 0 saturated carbocycles. The molecule has 0 aliphatic carbocycles. The molecule has 1 saturated heterocycles. The lowest BCUT2D eigenvalue weighted by molar-refractivity contribution is -0.384. The lowest BCUT2D eigenvalue weighted by Crippen LogP contribution is -2.44. The summed E-state index contributed by atoms with van der Waals surface area (Å²) >= 11 is 6.03. The highest BCUT2D eigenvalue weighted by Crippen LogP contribution is 2.22. The summed E-state index contributed by atoms with van der Waals surface area (Å²) in [5, 5.41) is 15.2. The van der Waals surface area contributed by atoms with E-state index in [4.69, 9.17) is 11.6 Å². The number of carbonyl (C=O) groups is 2. The fourth-order valence-electron chi connectivity index (χ4n) is 2.99. The van der Waals surface area contributed by atoms with Gasteiger partial charge < -0.3 is 4.90 Å². The zero-order valence-electron chi connectivity index (χ0n) is 14.7. The predicted molar refractivity (Wildman–Crippen MR) is 104 cm³/mol. The molecule has 8 nitrogen and oxygen atoms in total. The molecule has 1 fully saturated rings. The van der Waals surface area contributed by atoms with E-state index in [2.05, 4.69) is 10.5 Å². The van der Waals surface area contributed by atoms with E-state index in [1.54, 1.807) is 24.3 Å². The van der Waals surface area contributed by atoms with Gasteiger partial charge in [-0.3, -0.25) is 19.7 Å². The van der Waals surface area contributed by atoms with Gasteiger partial charge in [0.05, 0.1) is 11.1 Å². The van der Waals surface area contributed by atoms with Crippen LogP contribution in [0.15, 0.2) is 53.6 Å². The standard InChI is InChI=1S/C19H17ClN4O4/c20-16-5-2-1-4-14(16)12-21-22-18(25)17-6-3-11-23(17)19(26)13-7-9-15(10-8-13)24(27)28/h1-2,4-5,7-10,12,17H,3,6,11H2,(H,22,25)/b21-12-/t17-/m1/s1. The van der Waals surface area contributed by atoms with Crippen LogP contribution >= 0.6 is 11.6 Å². The second-order valence-electron chi connectivity index (χ2n) is 6.22. The fourth-order valence-corrected chi connectivity index (χ4v) is 3.18. The predicted octanol–water partition coefficient (Wildman–Crippen LogP) is 3.00. The number of benzene rings is 2. The third kappa shape index (κ3) is 4.34. The van der Waals surface area contributed by atoms with Gasteiger partial charge in [-0.1, -0.05) is 29.8 Å². The highest BCUT2D eigenvalue weighted by Gasteiger charge is 2.34. The van der Waals surface area contributed by atoms with Gasteiger partial charge in [-0.25, -0.2) is 5.43 Å². The van der Waals surface area contributed by atoms with Gasteiger partial charge >= 0.3 is 0 Å². The summed E-state index contributed by atoms with van der Waals surface area (Å²) in [5.41, 5.74) is 3.31. The van der Waals surface area contributed by atoms with Crippen molar-refractivity contribution in [3.63, 3.8) is 0 Å². The molecule has 2 amide bonds. The summed E-state index contributed by atoms with van der Waals surface area (Å²) < 4.78 is 0. The number of nitro groups is 1. The highest BCUT2D eigenvalue weighted by molar-refractivity contribution is 6.33. The zero-order chi connectivity index (χ0) is 20.1. The van der Waals surface area contributed by atoms with Crippen molar-refractivity contribution in [2.24, 2.45) is 5.10 Å². The van der Waals surface area contributed by atoms with Crippen LogP contribution in [0.1, 0.15) is 28.8 Å². The van der Waals surface area contributed by atoms with Crippen molar-refractivity contribution in [3.05, 3.63) is 74.8 Å². The van der Waals surface area contributed by atoms with Gasteiger partial charge in [0.1, 0.15) is 6.04 Å². The number of likely N-dealkylation sites (tertiary alicyclic amines) is 1. The maximum atomic E-state index is 12.7. The molecule has 2 aromatic rings. The monoisotopic (exact) mass is 400 g/mol. The van der Waals surface area contributed by atoms with Crippen LogP contribution in [0.5, 0.6) is 0 Å². The van der Waals surface area contributed by atoms with Gasteiger partial charge in [0.25, 0.3) is 17.5 Å². The van der Waals surface area contributed by atoms with Crippen molar-refractivity contribution in [2.75, 3.05) is 6.54 Å². The molecule has 0 aromatic heterocycles. The van der Waals surface area contributed by atoms with E-state index in [1.165, 1.54) is 35.4 Å². The van der Waals surface area contributed by atoms with Crippen molar-refractivity contribution in [2.45, 2.75) is 18.9 Å². The molecule has 2 aromatic carbocycles. The molecule has 1 N–H and O–H groups in total. The molecule has 0 radical (unpaired) electrons. The summed E-state index contributed by atoms with van der Waals surface area (Å²) in [7, 11) is 0. The number of nitro benzene ring substituents is 1. The van der Waals surface area contributed by atoms with Crippen molar-refractivity contribution >= 4 is 35.3 Å². The molecule has 28 heavy (non-hydrogen) atoms. The number of hydrogen-bond donors (Lipinski definition) is 1. The summed E-state index contributed by atoms with van der Waals surface area (Å²) in [6, 6.07) is 11.7. The number of nitrogens with one attached hydrogen (secondary N) is 1. The van der Waals surface area contributed by atoms with Crippen LogP contribution in [0.4, 0.5) is 5.69 Å². The minimum Gasteiger partial charge on any atom is -0.327 e. The van der Waals surface area contributed by atoms with Gasteiger partial charge in [-0.15, -0.1) is 0 Å². The highest BCUT2D eigenvalue weighted by atomic mass is 35.5. The Hall–Kier alpha value is -3.26. The van der Waals surface area contributed by atoms with E-state index in [0.717, 1.165) is 0 Å². The molecule has 0 bridgehead atoms. The second-order valence-corrected chi connectivity index (χ2v) is 6.62.